The number of amides is 1. The number of hydrogen-bond donors (Lipinski definition) is 1. The van der Waals surface area contributed by atoms with E-state index in [4.69, 9.17) is 7.85 Å². The van der Waals surface area contributed by atoms with Crippen LogP contribution in [0, 0.1) is 0 Å². The summed E-state index contributed by atoms with van der Waals surface area (Å²) in [7, 11) is 9.50. The van der Waals surface area contributed by atoms with E-state index in [2.05, 4.69) is 5.32 Å². The summed E-state index contributed by atoms with van der Waals surface area (Å²) >= 11 is 0. The van der Waals surface area contributed by atoms with Gasteiger partial charge in [-0.05, 0) is 38.9 Å². The molecule has 1 aliphatic carbocycles. The van der Waals surface area contributed by atoms with Gasteiger partial charge in [-0.15, -0.1) is 5.47 Å². The van der Waals surface area contributed by atoms with Crippen molar-refractivity contribution in [1.29, 1.82) is 0 Å². The van der Waals surface area contributed by atoms with E-state index in [1.165, 1.54) is 4.90 Å². The fourth-order valence-electron chi connectivity index (χ4n) is 2.43. The molecule has 0 fully saturated rings. The first kappa shape index (κ1) is 17.4. The van der Waals surface area contributed by atoms with Crippen molar-refractivity contribution >= 4 is 26.3 Å². The van der Waals surface area contributed by atoms with Crippen molar-refractivity contribution in [3.05, 3.63) is 22.7 Å². The van der Waals surface area contributed by atoms with Gasteiger partial charge in [0, 0.05) is 18.5 Å². The zero-order chi connectivity index (χ0) is 15.8. The third kappa shape index (κ3) is 4.39. The minimum absolute atomic E-state index is 0.0863. The van der Waals surface area contributed by atoms with E-state index in [0.717, 1.165) is 29.2 Å². The second-order valence-electron chi connectivity index (χ2n) is 5.10. The molecule has 0 aromatic heterocycles. The molecule has 0 spiro atoms. The number of rotatable bonds is 5. The van der Waals surface area contributed by atoms with Gasteiger partial charge in [0.2, 0.25) is 0 Å². The SMILES string of the molecule is CNC.[B]C1=CC2=C(CC1)C(=O)N(C(C=O)CCC=O)C2. The third-order valence-corrected chi connectivity index (χ3v) is 3.41. The first-order valence-electron chi connectivity index (χ1n) is 7.05. The number of carbonyl (C=O) groups is 3. The minimum atomic E-state index is -0.511. The Balaban J connectivity index is 0.000000677. The Morgan fingerprint density at radius 3 is 2.62 bits per heavy atom. The number of nitrogens with one attached hydrogen (secondary N) is 1. The number of hydrogen-bond acceptors (Lipinski definition) is 4. The Morgan fingerprint density at radius 2 is 2.05 bits per heavy atom. The van der Waals surface area contributed by atoms with Crippen LogP contribution < -0.4 is 5.32 Å². The molecule has 0 bridgehead atoms. The summed E-state index contributed by atoms with van der Waals surface area (Å²) in [5.41, 5.74) is 2.46. The van der Waals surface area contributed by atoms with Crippen molar-refractivity contribution in [2.45, 2.75) is 31.7 Å². The first-order chi connectivity index (χ1) is 10.1. The highest BCUT2D eigenvalue weighted by Crippen LogP contribution is 2.31. The lowest BCUT2D eigenvalue weighted by Gasteiger charge is -2.23. The van der Waals surface area contributed by atoms with Gasteiger partial charge < -0.3 is 19.8 Å². The molecule has 2 aliphatic rings. The van der Waals surface area contributed by atoms with Crippen LogP contribution in [0.25, 0.3) is 0 Å². The molecular weight excluding hydrogens is 267 g/mol. The Kier molecular flexibility index (Phi) is 7.09. The molecule has 1 atom stereocenters. The fraction of sp³-hybridized carbons (Fsp3) is 0.533. The first-order valence-corrected chi connectivity index (χ1v) is 7.05. The van der Waals surface area contributed by atoms with Crippen LogP contribution in [-0.4, -0.2) is 57.9 Å². The summed E-state index contributed by atoms with van der Waals surface area (Å²) in [4.78, 5) is 35.1. The van der Waals surface area contributed by atoms with E-state index in [1.807, 2.05) is 20.2 Å². The van der Waals surface area contributed by atoms with Crippen LogP contribution in [0.15, 0.2) is 22.7 Å². The lowest BCUT2D eigenvalue weighted by Crippen LogP contribution is -2.39. The predicted molar refractivity (Wildman–Crippen MR) is 81.9 cm³/mol. The monoisotopic (exact) mass is 288 g/mol. The van der Waals surface area contributed by atoms with Crippen LogP contribution in [0.2, 0.25) is 0 Å². The van der Waals surface area contributed by atoms with Crippen LogP contribution >= 0.6 is 0 Å². The topological polar surface area (TPSA) is 66.5 Å². The van der Waals surface area contributed by atoms with Crippen LogP contribution in [0.4, 0.5) is 0 Å². The zero-order valence-corrected chi connectivity index (χ0v) is 12.6. The summed E-state index contributed by atoms with van der Waals surface area (Å²) in [5, 5.41) is 2.75. The Labute approximate surface area is 126 Å². The molecule has 0 saturated heterocycles. The van der Waals surface area contributed by atoms with Gasteiger partial charge >= 0.3 is 0 Å². The van der Waals surface area contributed by atoms with E-state index in [1.54, 1.807) is 0 Å². The van der Waals surface area contributed by atoms with E-state index < -0.39 is 6.04 Å². The molecule has 2 rings (SSSR count). The van der Waals surface area contributed by atoms with E-state index >= 15 is 0 Å². The maximum Gasteiger partial charge on any atom is 0.251 e. The quantitative estimate of drug-likeness (QED) is 0.586. The second kappa shape index (κ2) is 8.57. The molecule has 1 amide bonds. The molecule has 1 N–H and O–H groups in total. The van der Waals surface area contributed by atoms with Crippen molar-refractivity contribution in [3.8, 4) is 0 Å². The summed E-state index contributed by atoms with van der Waals surface area (Å²) in [6.45, 7) is 0.428. The molecule has 1 aliphatic heterocycles. The Morgan fingerprint density at radius 1 is 1.38 bits per heavy atom. The summed E-state index contributed by atoms with van der Waals surface area (Å²) in [6.07, 6.45) is 5.35. The molecule has 1 unspecified atom stereocenters. The smallest absolute Gasteiger partial charge is 0.251 e. The summed E-state index contributed by atoms with van der Waals surface area (Å²) < 4.78 is 0. The number of allylic oxidation sites excluding steroid dienone is 1. The highest BCUT2D eigenvalue weighted by molar-refractivity contribution is 6.22. The molecule has 112 valence electrons. The largest absolute Gasteiger partial charge is 0.325 e. The lowest BCUT2D eigenvalue weighted by molar-refractivity contribution is -0.131. The fourth-order valence-corrected chi connectivity index (χ4v) is 2.43. The van der Waals surface area contributed by atoms with Gasteiger partial charge in [-0.25, -0.2) is 0 Å². The van der Waals surface area contributed by atoms with Gasteiger partial charge in [0.05, 0.1) is 6.04 Å². The van der Waals surface area contributed by atoms with Gasteiger partial charge in [-0.3, -0.25) is 4.79 Å². The van der Waals surface area contributed by atoms with Crippen molar-refractivity contribution < 1.29 is 14.4 Å². The Hall–Kier alpha value is -1.69. The van der Waals surface area contributed by atoms with Gasteiger partial charge in [-0.1, -0.05) is 6.08 Å². The van der Waals surface area contributed by atoms with Gasteiger partial charge in [0.1, 0.15) is 20.4 Å². The maximum absolute atomic E-state index is 12.2. The third-order valence-electron chi connectivity index (χ3n) is 3.41. The maximum atomic E-state index is 12.2. The number of carbonyl (C=O) groups excluding carboxylic acids is 3. The molecule has 6 heteroatoms. The average Bonchev–Trinajstić information content (AvgIpc) is 2.77. The molecule has 2 radical (unpaired) electrons. The zero-order valence-electron chi connectivity index (χ0n) is 12.6. The van der Waals surface area contributed by atoms with Crippen molar-refractivity contribution in [3.63, 3.8) is 0 Å². The van der Waals surface area contributed by atoms with E-state index in [9.17, 15) is 14.4 Å². The van der Waals surface area contributed by atoms with Gasteiger partial charge in [0.25, 0.3) is 5.91 Å². The molecular formula is C15H21BN2O3. The van der Waals surface area contributed by atoms with Crippen molar-refractivity contribution in [1.82, 2.24) is 10.2 Å². The number of aldehydes is 2. The summed E-state index contributed by atoms with van der Waals surface area (Å²) in [5.74, 6) is -0.0863. The van der Waals surface area contributed by atoms with Crippen LogP contribution in [0.5, 0.6) is 0 Å². The number of nitrogens with zero attached hydrogens (tertiary/aromatic N) is 1. The Bertz CT molecular complexity index is 472. The van der Waals surface area contributed by atoms with Crippen LogP contribution in [0.3, 0.4) is 0 Å². The molecule has 0 saturated carbocycles. The van der Waals surface area contributed by atoms with E-state index in [-0.39, 0.29) is 12.3 Å². The molecule has 0 aromatic carbocycles. The molecule has 1 heterocycles. The standard InChI is InChI=1S/C13H14BNO3.C2H7N/c14-10-3-4-12-9(6-10)7-15(13(12)18)11(8-17)2-1-5-16;1-3-2/h5-6,8,11H,1-4,7H2;3H,1-2H3. The van der Waals surface area contributed by atoms with Gasteiger partial charge in [0.15, 0.2) is 0 Å². The van der Waals surface area contributed by atoms with E-state index in [0.29, 0.717) is 25.8 Å². The highest BCUT2D eigenvalue weighted by atomic mass is 16.2. The predicted octanol–water partition coefficient (Wildman–Crippen LogP) is 0.354. The normalized spacial score (nSPS) is 18.5. The second-order valence-corrected chi connectivity index (χ2v) is 5.10. The highest BCUT2D eigenvalue weighted by Gasteiger charge is 2.34. The van der Waals surface area contributed by atoms with Crippen molar-refractivity contribution in [2.75, 3.05) is 20.6 Å². The minimum Gasteiger partial charge on any atom is -0.325 e. The van der Waals surface area contributed by atoms with Crippen LogP contribution in [-0.2, 0) is 14.4 Å². The van der Waals surface area contributed by atoms with Gasteiger partial charge in [-0.2, -0.15) is 0 Å². The molecule has 21 heavy (non-hydrogen) atoms. The van der Waals surface area contributed by atoms with Crippen LogP contribution in [0.1, 0.15) is 25.7 Å². The lowest BCUT2D eigenvalue weighted by atomic mass is 9.83. The molecule has 0 aromatic rings. The summed E-state index contributed by atoms with van der Waals surface area (Å²) in [6, 6.07) is -0.511. The molecule has 5 nitrogen and oxygen atoms in total. The average molecular weight is 288 g/mol. The van der Waals surface area contributed by atoms with Crippen molar-refractivity contribution in [2.24, 2.45) is 0 Å².